The normalized spacial score (nSPS) is 25.0. The summed E-state index contributed by atoms with van der Waals surface area (Å²) in [4.78, 5) is 0. The Morgan fingerprint density at radius 1 is 1.05 bits per heavy atom. The van der Waals surface area contributed by atoms with Gasteiger partial charge in [-0.25, -0.2) is 11.6 Å². The predicted molar refractivity (Wildman–Crippen MR) is 100 cm³/mol. The molecule has 1 aliphatic carbocycles. The Bertz CT molecular complexity index is 313. The molecule has 0 N–H and O–H groups in total. The van der Waals surface area contributed by atoms with Gasteiger partial charge in [0.25, 0.3) is 0 Å². The van der Waals surface area contributed by atoms with Gasteiger partial charge in [-0.15, -0.1) is 0 Å². The molecule has 0 saturated carbocycles. The molecule has 1 aliphatic heterocycles. The van der Waals surface area contributed by atoms with Crippen LogP contribution in [-0.4, -0.2) is 11.7 Å². The standard InChI is InChI=1S/C19H35BS/c1-3-5-7-9-11-21-20-15-18-12-17(10-8-6-4-2)13-19(14-18)16-20/h12,18-19H,3-11,13-16H2,1-2H3. The number of hydrogen-bond donors (Lipinski definition) is 0. The first-order chi connectivity index (χ1) is 10.3. The Kier molecular flexibility index (Phi) is 8.36. The summed E-state index contributed by atoms with van der Waals surface area (Å²) in [5.41, 5.74) is 1.82. The molecule has 0 radical (unpaired) electrons. The van der Waals surface area contributed by atoms with Crippen LogP contribution in [0.3, 0.4) is 0 Å². The molecule has 1 heterocycles. The van der Waals surface area contributed by atoms with E-state index in [1.54, 1.807) is 0 Å². The first-order valence-electron chi connectivity index (χ1n) is 9.63. The number of rotatable bonds is 10. The van der Waals surface area contributed by atoms with Crippen LogP contribution in [0.5, 0.6) is 0 Å². The van der Waals surface area contributed by atoms with Gasteiger partial charge >= 0.3 is 0 Å². The van der Waals surface area contributed by atoms with Crippen molar-refractivity contribution in [3.8, 4) is 0 Å². The van der Waals surface area contributed by atoms with Crippen LogP contribution in [0.1, 0.15) is 78.1 Å². The van der Waals surface area contributed by atoms with Gasteiger partial charge in [0.1, 0.15) is 0 Å². The van der Waals surface area contributed by atoms with Crippen LogP contribution in [0.2, 0.25) is 12.6 Å². The van der Waals surface area contributed by atoms with Gasteiger partial charge in [-0.3, -0.25) is 0 Å². The molecule has 21 heavy (non-hydrogen) atoms. The van der Waals surface area contributed by atoms with Gasteiger partial charge < -0.3 is 0 Å². The summed E-state index contributed by atoms with van der Waals surface area (Å²) in [5.74, 6) is 4.35. The van der Waals surface area contributed by atoms with E-state index in [2.05, 4.69) is 31.5 Å². The van der Waals surface area contributed by atoms with Crippen molar-refractivity contribution in [1.29, 1.82) is 0 Å². The average Bonchev–Trinajstić information content (AvgIpc) is 2.46. The van der Waals surface area contributed by atoms with Crippen LogP contribution >= 0.6 is 11.6 Å². The van der Waals surface area contributed by atoms with Gasteiger partial charge in [0.2, 0.25) is 5.99 Å². The van der Waals surface area contributed by atoms with Crippen LogP contribution in [0.25, 0.3) is 0 Å². The summed E-state index contributed by atoms with van der Waals surface area (Å²) >= 11 is 2.30. The zero-order chi connectivity index (χ0) is 14.9. The van der Waals surface area contributed by atoms with Crippen molar-refractivity contribution in [2.45, 2.75) is 90.7 Å². The maximum atomic E-state index is 2.69. The van der Waals surface area contributed by atoms with Gasteiger partial charge in [-0.2, -0.15) is 0 Å². The fraction of sp³-hybridized carbons (Fsp3) is 0.895. The Morgan fingerprint density at radius 3 is 2.62 bits per heavy atom. The zero-order valence-corrected chi connectivity index (χ0v) is 15.2. The molecule has 2 rings (SSSR count). The van der Waals surface area contributed by atoms with Crippen LogP contribution in [-0.2, 0) is 0 Å². The highest BCUT2D eigenvalue weighted by Gasteiger charge is 2.33. The molecule has 2 bridgehead atoms. The van der Waals surface area contributed by atoms with Crippen molar-refractivity contribution in [3.63, 3.8) is 0 Å². The highest BCUT2D eigenvalue weighted by Crippen LogP contribution is 2.43. The lowest BCUT2D eigenvalue weighted by Gasteiger charge is -2.36. The molecule has 2 atom stereocenters. The topological polar surface area (TPSA) is 0 Å². The Labute approximate surface area is 137 Å². The summed E-state index contributed by atoms with van der Waals surface area (Å²) < 4.78 is 0. The van der Waals surface area contributed by atoms with Crippen LogP contribution in [0.4, 0.5) is 0 Å². The molecule has 2 heteroatoms. The maximum Gasteiger partial charge on any atom is 0.210 e. The Hall–Kier alpha value is 0.155. The third-order valence-electron chi connectivity index (χ3n) is 5.27. The average molecular weight is 306 g/mol. The van der Waals surface area contributed by atoms with Gasteiger partial charge in [0, 0.05) is 0 Å². The van der Waals surface area contributed by atoms with Gasteiger partial charge in [0.05, 0.1) is 0 Å². The second-order valence-electron chi connectivity index (χ2n) is 7.37. The SMILES string of the molecule is CCCCCCSB1CC2C=C(CCCCC)CC(C1)C2. The molecule has 0 spiro atoms. The molecule has 1 fully saturated rings. The quantitative estimate of drug-likeness (QED) is 0.242. The molecule has 0 amide bonds. The molecule has 120 valence electrons. The monoisotopic (exact) mass is 306 g/mol. The third kappa shape index (κ3) is 6.43. The smallest absolute Gasteiger partial charge is 0.210 e. The number of allylic oxidation sites excluding steroid dienone is 2. The molecule has 2 aliphatic rings. The van der Waals surface area contributed by atoms with Gasteiger partial charge in [-0.1, -0.05) is 70.2 Å². The Morgan fingerprint density at radius 2 is 1.86 bits per heavy atom. The van der Waals surface area contributed by atoms with E-state index in [1.807, 2.05) is 5.57 Å². The van der Waals surface area contributed by atoms with E-state index in [-0.39, 0.29) is 0 Å². The fourth-order valence-electron chi connectivity index (χ4n) is 4.20. The maximum absolute atomic E-state index is 2.69. The lowest BCUT2D eigenvalue weighted by atomic mass is 9.52. The first-order valence-corrected chi connectivity index (χ1v) is 10.7. The summed E-state index contributed by atoms with van der Waals surface area (Å²) in [5, 5.41) is 0. The molecule has 2 unspecified atom stereocenters. The molecular formula is C19H35BS. The zero-order valence-electron chi connectivity index (χ0n) is 14.4. The molecule has 0 aromatic rings. The van der Waals surface area contributed by atoms with E-state index in [0.29, 0.717) is 0 Å². The van der Waals surface area contributed by atoms with E-state index in [0.717, 1.165) is 17.8 Å². The van der Waals surface area contributed by atoms with Crippen molar-refractivity contribution in [1.82, 2.24) is 0 Å². The highest BCUT2D eigenvalue weighted by atomic mass is 32.2. The van der Waals surface area contributed by atoms with Crippen molar-refractivity contribution >= 4 is 17.6 Å². The molecule has 0 aromatic carbocycles. The van der Waals surface area contributed by atoms with Crippen LogP contribution in [0, 0.1) is 11.8 Å². The minimum Gasteiger partial charge on any atom is -0.210 e. The number of fused-ring (bicyclic) bond motifs is 2. The molecule has 0 aromatic heterocycles. The van der Waals surface area contributed by atoms with E-state index in [9.17, 15) is 0 Å². The molecular weight excluding hydrogens is 271 g/mol. The highest BCUT2D eigenvalue weighted by molar-refractivity contribution is 8.25. The largest absolute Gasteiger partial charge is 0.210 e. The minimum absolute atomic E-state index is 0.933. The van der Waals surface area contributed by atoms with E-state index < -0.39 is 0 Å². The Balaban J connectivity index is 1.68. The predicted octanol–water partition coefficient (Wildman–Crippen LogP) is 6.84. The summed E-state index contributed by atoms with van der Waals surface area (Å²) in [6.45, 7) is 4.62. The minimum atomic E-state index is 0.933. The summed E-state index contributed by atoms with van der Waals surface area (Å²) in [7, 11) is 0. The van der Waals surface area contributed by atoms with Crippen LogP contribution < -0.4 is 0 Å². The third-order valence-corrected chi connectivity index (χ3v) is 6.65. The first kappa shape index (κ1) is 17.5. The second-order valence-corrected chi connectivity index (χ2v) is 8.78. The lowest BCUT2D eigenvalue weighted by Crippen LogP contribution is -2.29. The fourth-order valence-corrected chi connectivity index (χ4v) is 5.70. The van der Waals surface area contributed by atoms with Crippen molar-refractivity contribution < 1.29 is 0 Å². The number of unbranched alkanes of at least 4 members (excludes halogenated alkanes) is 5. The van der Waals surface area contributed by atoms with Crippen molar-refractivity contribution in [2.75, 3.05) is 5.75 Å². The molecule has 1 saturated heterocycles. The van der Waals surface area contributed by atoms with Gasteiger partial charge in [0.15, 0.2) is 0 Å². The van der Waals surface area contributed by atoms with E-state index in [4.69, 9.17) is 0 Å². The van der Waals surface area contributed by atoms with E-state index in [1.165, 1.54) is 82.6 Å². The summed E-state index contributed by atoms with van der Waals surface area (Å²) in [6, 6.07) is 0. The second kappa shape index (κ2) is 10.0. The van der Waals surface area contributed by atoms with Gasteiger partial charge in [-0.05, 0) is 49.7 Å². The van der Waals surface area contributed by atoms with Crippen molar-refractivity contribution in [2.24, 2.45) is 11.8 Å². The van der Waals surface area contributed by atoms with Crippen molar-refractivity contribution in [3.05, 3.63) is 11.6 Å². The lowest BCUT2D eigenvalue weighted by molar-refractivity contribution is 0.404. The number of hydrogen-bond acceptors (Lipinski definition) is 1. The molecule has 0 nitrogen and oxygen atoms in total. The summed E-state index contributed by atoms with van der Waals surface area (Å²) in [6.07, 6.45) is 19.9. The van der Waals surface area contributed by atoms with E-state index >= 15 is 0 Å². The van der Waals surface area contributed by atoms with Crippen LogP contribution in [0.15, 0.2) is 11.6 Å².